The van der Waals surface area contributed by atoms with Crippen LogP contribution in [0.15, 0.2) is 30.9 Å². The zero-order chi connectivity index (χ0) is 25.2. The summed E-state index contributed by atoms with van der Waals surface area (Å²) < 4.78 is 5.30. The molecule has 0 bridgehead atoms. The summed E-state index contributed by atoms with van der Waals surface area (Å²) in [6, 6.07) is 3.96. The first-order chi connectivity index (χ1) is 15.4. The molecule has 0 aliphatic carbocycles. The molecular formula is C25H39N3O4S. The molecule has 2 N–H and O–H groups in total. The van der Waals surface area contributed by atoms with Crippen molar-refractivity contribution in [3.05, 3.63) is 47.5 Å². The van der Waals surface area contributed by atoms with E-state index in [-0.39, 0.29) is 18.2 Å². The smallest absolute Gasteiger partial charge is 0.408 e. The number of thiol groups is 1. The summed E-state index contributed by atoms with van der Waals surface area (Å²) in [5.74, 6) is -0.669. The lowest BCUT2D eigenvalue weighted by Crippen LogP contribution is -2.54. The number of hydrogen-bond acceptors (Lipinski definition) is 5. The van der Waals surface area contributed by atoms with Crippen LogP contribution in [0.25, 0.3) is 0 Å². The summed E-state index contributed by atoms with van der Waals surface area (Å²) in [6.07, 6.45) is 2.62. The van der Waals surface area contributed by atoms with Gasteiger partial charge in [-0.05, 0) is 52.2 Å². The average Bonchev–Trinajstić information content (AvgIpc) is 2.72. The van der Waals surface area contributed by atoms with Crippen LogP contribution in [0.1, 0.15) is 63.3 Å². The molecule has 0 saturated carbocycles. The molecule has 0 heterocycles. The SMILES string of the molecule is C=CCN(C(=O)C(CS)NC(=O)OC(C)(C)C)C(C(=O)NCCCC)c1cc(C)ccc1C. The first-order valence-electron chi connectivity index (χ1n) is 11.3. The largest absolute Gasteiger partial charge is 0.444 e. The van der Waals surface area contributed by atoms with Crippen molar-refractivity contribution in [2.45, 2.75) is 72.1 Å². The number of amides is 3. The van der Waals surface area contributed by atoms with Crippen molar-refractivity contribution < 1.29 is 19.1 Å². The lowest BCUT2D eigenvalue weighted by atomic mass is 9.96. The number of nitrogens with zero attached hydrogens (tertiary/aromatic N) is 1. The lowest BCUT2D eigenvalue weighted by Gasteiger charge is -2.34. The number of hydrogen-bond donors (Lipinski definition) is 3. The predicted octanol–water partition coefficient (Wildman–Crippen LogP) is 4.10. The molecule has 8 heteroatoms. The first-order valence-corrected chi connectivity index (χ1v) is 11.9. The van der Waals surface area contributed by atoms with Gasteiger partial charge in [0.25, 0.3) is 0 Å². The highest BCUT2D eigenvalue weighted by Gasteiger charge is 2.36. The number of carbonyl (C=O) groups excluding carboxylic acids is 3. The van der Waals surface area contributed by atoms with Gasteiger partial charge in [-0.15, -0.1) is 6.58 Å². The predicted molar refractivity (Wildman–Crippen MR) is 135 cm³/mol. The summed E-state index contributed by atoms with van der Waals surface area (Å²) in [4.78, 5) is 40.7. The molecule has 0 aliphatic heterocycles. The van der Waals surface area contributed by atoms with Gasteiger partial charge in [0.05, 0.1) is 0 Å². The summed E-state index contributed by atoms with van der Waals surface area (Å²) in [5.41, 5.74) is 1.88. The molecule has 2 unspecified atom stereocenters. The van der Waals surface area contributed by atoms with Crippen LogP contribution in [0.3, 0.4) is 0 Å². The Labute approximate surface area is 203 Å². The third kappa shape index (κ3) is 9.12. The molecule has 0 saturated heterocycles. The molecule has 0 fully saturated rings. The fourth-order valence-electron chi connectivity index (χ4n) is 3.29. The zero-order valence-electron chi connectivity index (χ0n) is 20.7. The maximum Gasteiger partial charge on any atom is 0.408 e. The molecule has 0 spiro atoms. The maximum absolute atomic E-state index is 13.6. The minimum atomic E-state index is -0.973. The lowest BCUT2D eigenvalue weighted by molar-refractivity contribution is -0.141. The minimum Gasteiger partial charge on any atom is -0.444 e. The van der Waals surface area contributed by atoms with Gasteiger partial charge in [-0.1, -0.05) is 43.2 Å². The maximum atomic E-state index is 13.6. The van der Waals surface area contributed by atoms with Gasteiger partial charge in [0.15, 0.2) is 0 Å². The van der Waals surface area contributed by atoms with E-state index in [1.54, 1.807) is 26.8 Å². The van der Waals surface area contributed by atoms with Crippen LogP contribution in [-0.4, -0.2) is 53.3 Å². The quantitative estimate of drug-likeness (QED) is 0.254. The van der Waals surface area contributed by atoms with Crippen LogP contribution >= 0.6 is 12.6 Å². The Hall–Kier alpha value is -2.48. The second-order valence-corrected chi connectivity index (χ2v) is 9.43. The van der Waals surface area contributed by atoms with Crippen LogP contribution in [0.5, 0.6) is 0 Å². The number of carbonyl (C=O) groups is 3. The van der Waals surface area contributed by atoms with Crippen molar-refractivity contribution in [1.29, 1.82) is 0 Å². The van der Waals surface area contributed by atoms with E-state index in [4.69, 9.17) is 4.74 Å². The number of rotatable bonds is 11. The number of nitrogens with one attached hydrogen (secondary N) is 2. The molecule has 184 valence electrons. The normalized spacial score (nSPS) is 12.9. The molecule has 1 aromatic rings. The molecule has 0 radical (unpaired) electrons. The zero-order valence-corrected chi connectivity index (χ0v) is 21.6. The first kappa shape index (κ1) is 28.6. The fraction of sp³-hybridized carbons (Fsp3) is 0.560. The van der Waals surface area contributed by atoms with E-state index in [2.05, 4.69) is 29.8 Å². The van der Waals surface area contributed by atoms with Crippen LogP contribution in [0.2, 0.25) is 0 Å². The Morgan fingerprint density at radius 3 is 2.45 bits per heavy atom. The molecule has 7 nitrogen and oxygen atoms in total. The Kier molecular flexibility index (Phi) is 11.5. The van der Waals surface area contributed by atoms with E-state index < -0.39 is 29.7 Å². The summed E-state index contributed by atoms with van der Waals surface area (Å²) in [7, 11) is 0. The third-order valence-corrected chi connectivity index (χ3v) is 5.26. The highest BCUT2D eigenvalue weighted by molar-refractivity contribution is 7.80. The average molecular weight is 478 g/mol. The Morgan fingerprint density at radius 2 is 1.91 bits per heavy atom. The summed E-state index contributed by atoms with van der Waals surface area (Å²) in [6.45, 7) is 15.5. The molecule has 1 rings (SSSR count). The van der Waals surface area contributed by atoms with Crippen LogP contribution in [0, 0.1) is 13.8 Å². The van der Waals surface area contributed by atoms with Gasteiger partial charge in [0.1, 0.15) is 17.7 Å². The van der Waals surface area contributed by atoms with E-state index >= 15 is 0 Å². The van der Waals surface area contributed by atoms with Gasteiger partial charge in [-0.25, -0.2) is 4.79 Å². The highest BCUT2D eigenvalue weighted by Crippen LogP contribution is 2.27. The highest BCUT2D eigenvalue weighted by atomic mass is 32.1. The monoisotopic (exact) mass is 477 g/mol. The van der Waals surface area contributed by atoms with Crippen molar-refractivity contribution in [3.63, 3.8) is 0 Å². The van der Waals surface area contributed by atoms with Crippen molar-refractivity contribution >= 4 is 30.5 Å². The summed E-state index contributed by atoms with van der Waals surface area (Å²) >= 11 is 4.27. The standard InChI is InChI=1S/C25H39N3O4S/c1-8-10-13-26-22(29)21(19-15-17(3)11-12-18(19)4)28(14-9-2)23(30)20(16-33)27-24(31)32-25(5,6)7/h9,11-12,15,20-21,33H,2,8,10,13-14,16H2,1,3-7H3,(H,26,29)(H,27,31). The van der Waals surface area contributed by atoms with Gasteiger partial charge >= 0.3 is 6.09 Å². The van der Waals surface area contributed by atoms with Gasteiger partial charge in [0, 0.05) is 18.8 Å². The Morgan fingerprint density at radius 1 is 1.24 bits per heavy atom. The van der Waals surface area contributed by atoms with Crippen LogP contribution in [-0.2, 0) is 14.3 Å². The van der Waals surface area contributed by atoms with E-state index in [0.29, 0.717) is 6.54 Å². The number of aryl methyl sites for hydroxylation is 2. The van der Waals surface area contributed by atoms with E-state index in [9.17, 15) is 14.4 Å². The van der Waals surface area contributed by atoms with Crippen LogP contribution in [0.4, 0.5) is 4.79 Å². The van der Waals surface area contributed by atoms with Gasteiger partial charge in [0.2, 0.25) is 11.8 Å². The number of ether oxygens (including phenoxy) is 1. The van der Waals surface area contributed by atoms with E-state index in [1.807, 2.05) is 39.0 Å². The second-order valence-electron chi connectivity index (χ2n) is 9.07. The van der Waals surface area contributed by atoms with E-state index in [0.717, 1.165) is 29.5 Å². The molecule has 1 aromatic carbocycles. The number of alkyl carbamates (subject to hydrolysis) is 1. The molecule has 0 aromatic heterocycles. The number of benzene rings is 1. The Balaban J connectivity index is 3.36. The molecule has 3 amide bonds. The van der Waals surface area contributed by atoms with Gasteiger partial charge < -0.3 is 20.3 Å². The van der Waals surface area contributed by atoms with Gasteiger partial charge in [-0.2, -0.15) is 12.6 Å². The molecule has 2 atom stereocenters. The minimum absolute atomic E-state index is 0.0443. The second kappa shape index (κ2) is 13.3. The van der Waals surface area contributed by atoms with E-state index in [1.165, 1.54) is 4.90 Å². The van der Waals surface area contributed by atoms with Crippen molar-refractivity contribution in [2.24, 2.45) is 0 Å². The van der Waals surface area contributed by atoms with Crippen molar-refractivity contribution in [3.8, 4) is 0 Å². The fourth-order valence-corrected chi connectivity index (χ4v) is 3.53. The van der Waals surface area contributed by atoms with Crippen molar-refractivity contribution in [1.82, 2.24) is 15.5 Å². The van der Waals surface area contributed by atoms with Crippen LogP contribution < -0.4 is 10.6 Å². The molecular weight excluding hydrogens is 438 g/mol. The van der Waals surface area contributed by atoms with Gasteiger partial charge in [-0.3, -0.25) is 9.59 Å². The Bertz CT molecular complexity index is 835. The topological polar surface area (TPSA) is 87.7 Å². The summed E-state index contributed by atoms with van der Waals surface area (Å²) in [5, 5.41) is 5.54. The third-order valence-electron chi connectivity index (χ3n) is 4.90. The van der Waals surface area contributed by atoms with Crippen molar-refractivity contribution in [2.75, 3.05) is 18.8 Å². The number of unbranched alkanes of at least 4 members (excludes halogenated alkanes) is 1. The molecule has 33 heavy (non-hydrogen) atoms. The molecule has 0 aliphatic rings.